The molecule has 0 radical (unpaired) electrons. The van der Waals surface area contributed by atoms with Crippen LogP contribution in [-0.4, -0.2) is 23.1 Å². The van der Waals surface area contributed by atoms with Crippen molar-refractivity contribution in [3.63, 3.8) is 0 Å². The zero-order valence-electron chi connectivity index (χ0n) is 13.2. The smallest absolute Gasteiger partial charge is 0.115 e. The summed E-state index contributed by atoms with van der Waals surface area (Å²) in [6.45, 7) is 9.41. The molecule has 2 unspecified atom stereocenters. The van der Waals surface area contributed by atoms with E-state index in [-0.39, 0.29) is 0 Å². The lowest BCUT2D eigenvalue weighted by molar-refractivity contribution is 0.194. The van der Waals surface area contributed by atoms with Crippen molar-refractivity contribution in [3.8, 4) is 5.75 Å². The van der Waals surface area contributed by atoms with Crippen LogP contribution in [0.25, 0.3) is 0 Å². The van der Waals surface area contributed by atoms with Gasteiger partial charge in [0, 0.05) is 6.04 Å². The predicted molar refractivity (Wildman–Crippen MR) is 84.9 cm³/mol. The van der Waals surface area contributed by atoms with Crippen LogP contribution in [0.2, 0.25) is 0 Å². The van der Waals surface area contributed by atoms with Gasteiger partial charge in [0.15, 0.2) is 0 Å². The topological polar surface area (TPSA) is 23.5 Å². The number of hydrogen-bond donors (Lipinski definition) is 1. The molecule has 0 bridgehead atoms. The van der Waals surface area contributed by atoms with Crippen LogP contribution in [0.3, 0.4) is 0 Å². The third kappa shape index (κ3) is 3.76. The molecule has 1 aromatic carbocycles. The minimum Gasteiger partial charge on any atom is -0.508 e. The van der Waals surface area contributed by atoms with Gasteiger partial charge in [-0.05, 0) is 68.3 Å². The molecule has 1 N–H and O–H groups in total. The summed E-state index contributed by atoms with van der Waals surface area (Å²) in [5, 5.41) is 9.45. The SMILES string of the molecule is CCC(c1ccc(O)cc1)N1CCCC(C(C)C)CC1. The first kappa shape index (κ1) is 15.4. The number of nitrogens with zero attached hydrogens (tertiary/aromatic N) is 1. The lowest BCUT2D eigenvalue weighted by atomic mass is 9.89. The molecule has 2 atom stereocenters. The average Bonchev–Trinajstić information content (AvgIpc) is 2.68. The minimum absolute atomic E-state index is 0.361. The van der Waals surface area contributed by atoms with Gasteiger partial charge in [-0.25, -0.2) is 0 Å². The van der Waals surface area contributed by atoms with Gasteiger partial charge in [0.05, 0.1) is 0 Å². The molecule has 2 heteroatoms. The summed E-state index contributed by atoms with van der Waals surface area (Å²) in [5.41, 5.74) is 1.34. The second-order valence-electron chi connectivity index (χ2n) is 6.49. The second kappa shape index (κ2) is 7.12. The first-order valence-electron chi connectivity index (χ1n) is 8.14. The maximum Gasteiger partial charge on any atom is 0.115 e. The number of rotatable bonds is 4. The number of aromatic hydroxyl groups is 1. The van der Waals surface area contributed by atoms with Crippen LogP contribution in [0, 0.1) is 11.8 Å². The Morgan fingerprint density at radius 2 is 1.85 bits per heavy atom. The summed E-state index contributed by atoms with van der Waals surface area (Å²) < 4.78 is 0. The van der Waals surface area contributed by atoms with E-state index in [4.69, 9.17) is 0 Å². The van der Waals surface area contributed by atoms with Crippen LogP contribution >= 0.6 is 0 Å². The van der Waals surface area contributed by atoms with Crippen molar-refractivity contribution in [1.29, 1.82) is 0 Å². The normalized spacial score (nSPS) is 22.7. The Labute approximate surface area is 123 Å². The molecule has 1 aliphatic rings. The molecule has 1 saturated heterocycles. The summed E-state index contributed by atoms with van der Waals surface area (Å²) in [6.07, 6.45) is 5.15. The average molecular weight is 275 g/mol. The molecule has 1 aromatic rings. The van der Waals surface area contributed by atoms with Gasteiger partial charge in [0.25, 0.3) is 0 Å². The Morgan fingerprint density at radius 1 is 1.15 bits per heavy atom. The van der Waals surface area contributed by atoms with E-state index in [1.165, 1.54) is 37.9 Å². The Morgan fingerprint density at radius 3 is 2.45 bits per heavy atom. The number of phenols is 1. The molecule has 1 heterocycles. The number of phenolic OH excluding ortho intramolecular Hbond substituents is 1. The predicted octanol–water partition coefficient (Wildman–Crippen LogP) is 4.60. The molecular weight excluding hydrogens is 246 g/mol. The molecule has 0 amide bonds. The lowest BCUT2D eigenvalue weighted by Gasteiger charge is -2.30. The van der Waals surface area contributed by atoms with E-state index in [0.717, 1.165) is 18.3 Å². The summed E-state index contributed by atoms with van der Waals surface area (Å²) in [7, 11) is 0. The highest BCUT2D eigenvalue weighted by molar-refractivity contribution is 5.28. The fourth-order valence-corrected chi connectivity index (χ4v) is 3.52. The lowest BCUT2D eigenvalue weighted by Crippen LogP contribution is -2.29. The van der Waals surface area contributed by atoms with Crippen molar-refractivity contribution in [1.82, 2.24) is 4.90 Å². The molecule has 0 spiro atoms. The van der Waals surface area contributed by atoms with Crippen LogP contribution in [-0.2, 0) is 0 Å². The number of hydrogen-bond acceptors (Lipinski definition) is 2. The van der Waals surface area contributed by atoms with Crippen molar-refractivity contribution in [2.75, 3.05) is 13.1 Å². The van der Waals surface area contributed by atoms with E-state index in [2.05, 4.69) is 37.8 Å². The molecule has 0 aliphatic carbocycles. The van der Waals surface area contributed by atoms with E-state index in [1.807, 2.05) is 12.1 Å². The van der Waals surface area contributed by atoms with Crippen LogP contribution < -0.4 is 0 Å². The van der Waals surface area contributed by atoms with Crippen LogP contribution in [0.4, 0.5) is 0 Å². The monoisotopic (exact) mass is 275 g/mol. The highest BCUT2D eigenvalue weighted by Gasteiger charge is 2.24. The molecule has 112 valence electrons. The Kier molecular flexibility index (Phi) is 5.47. The summed E-state index contributed by atoms with van der Waals surface area (Å²) >= 11 is 0. The summed E-state index contributed by atoms with van der Waals surface area (Å²) in [5.74, 6) is 2.06. The van der Waals surface area contributed by atoms with E-state index in [1.54, 1.807) is 0 Å². The minimum atomic E-state index is 0.361. The molecule has 0 aromatic heterocycles. The number of benzene rings is 1. The first-order valence-corrected chi connectivity index (χ1v) is 8.14. The molecule has 2 nitrogen and oxygen atoms in total. The van der Waals surface area contributed by atoms with Crippen molar-refractivity contribution >= 4 is 0 Å². The van der Waals surface area contributed by atoms with Gasteiger partial charge in [-0.15, -0.1) is 0 Å². The molecule has 1 aliphatic heterocycles. The van der Waals surface area contributed by atoms with Gasteiger partial charge in [0.1, 0.15) is 5.75 Å². The van der Waals surface area contributed by atoms with Crippen molar-refractivity contribution in [3.05, 3.63) is 29.8 Å². The largest absolute Gasteiger partial charge is 0.508 e. The summed E-state index contributed by atoms with van der Waals surface area (Å²) in [6, 6.07) is 8.28. The highest BCUT2D eigenvalue weighted by atomic mass is 16.3. The zero-order chi connectivity index (χ0) is 14.5. The third-order valence-corrected chi connectivity index (χ3v) is 4.86. The Balaban J connectivity index is 2.06. The first-order chi connectivity index (χ1) is 9.61. The number of likely N-dealkylation sites (tertiary alicyclic amines) is 1. The van der Waals surface area contributed by atoms with Crippen molar-refractivity contribution in [2.24, 2.45) is 11.8 Å². The van der Waals surface area contributed by atoms with Crippen LogP contribution in [0.15, 0.2) is 24.3 Å². The quantitative estimate of drug-likeness (QED) is 0.868. The molecule has 0 saturated carbocycles. The Bertz CT molecular complexity index is 398. The van der Waals surface area contributed by atoms with Gasteiger partial charge in [-0.1, -0.05) is 32.9 Å². The van der Waals surface area contributed by atoms with Gasteiger partial charge in [-0.2, -0.15) is 0 Å². The van der Waals surface area contributed by atoms with E-state index < -0.39 is 0 Å². The fraction of sp³-hybridized carbons (Fsp3) is 0.667. The van der Waals surface area contributed by atoms with Gasteiger partial charge in [-0.3, -0.25) is 4.90 Å². The molecule has 1 fully saturated rings. The Hall–Kier alpha value is -1.02. The van der Waals surface area contributed by atoms with Crippen molar-refractivity contribution < 1.29 is 5.11 Å². The van der Waals surface area contributed by atoms with Gasteiger partial charge < -0.3 is 5.11 Å². The maximum atomic E-state index is 9.45. The standard InChI is InChI=1S/C18H29NO/c1-4-18(16-7-9-17(20)10-8-16)19-12-5-6-15(11-13-19)14(2)3/h7-10,14-15,18,20H,4-6,11-13H2,1-3H3. The van der Waals surface area contributed by atoms with Crippen LogP contribution in [0.5, 0.6) is 5.75 Å². The zero-order valence-corrected chi connectivity index (χ0v) is 13.2. The van der Waals surface area contributed by atoms with Gasteiger partial charge in [0.2, 0.25) is 0 Å². The van der Waals surface area contributed by atoms with Gasteiger partial charge >= 0.3 is 0 Å². The maximum absolute atomic E-state index is 9.45. The molecular formula is C18H29NO. The van der Waals surface area contributed by atoms with Crippen molar-refractivity contribution in [2.45, 2.75) is 52.5 Å². The summed E-state index contributed by atoms with van der Waals surface area (Å²) in [4.78, 5) is 2.65. The van der Waals surface area contributed by atoms with E-state index in [0.29, 0.717) is 11.8 Å². The molecule has 2 rings (SSSR count). The third-order valence-electron chi connectivity index (χ3n) is 4.86. The highest BCUT2D eigenvalue weighted by Crippen LogP contribution is 2.31. The van der Waals surface area contributed by atoms with Crippen LogP contribution in [0.1, 0.15) is 58.1 Å². The fourth-order valence-electron chi connectivity index (χ4n) is 3.52. The second-order valence-corrected chi connectivity index (χ2v) is 6.49. The van der Waals surface area contributed by atoms with E-state index in [9.17, 15) is 5.11 Å². The van der Waals surface area contributed by atoms with E-state index >= 15 is 0 Å². The molecule has 20 heavy (non-hydrogen) atoms.